The van der Waals surface area contributed by atoms with E-state index in [2.05, 4.69) is 0 Å². The number of carbonyl (C=O) groups excluding carboxylic acids is 2. The maximum Gasteiger partial charge on any atom is 0.289 e. The molecule has 0 aliphatic rings. The molecule has 0 N–H and O–H groups in total. The summed E-state index contributed by atoms with van der Waals surface area (Å²) >= 11 is 0. The Morgan fingerprint density at radius 2 is 1.05 bits per heavy atom. The molecule has 19 heavy (non-hydrogen) atoms. The number of hydrogen-bond acceptors (Lipinski definition) is 4. The van der Waals surface area contributed by atoms with Gasteiger partial charge in [0.1, 0.15) is 7.69 Å². The molecule has 94 valence electrons. The number of benzene rings is 2. The van der Waals surface area contributed by atoms with E-state index in [-0.39, 0.29) is 0 Å². The first kappa shape index (κ1) is 12.9. The second kappa shape index (κ2) is 6.40. The molecule has 0 aliphatic carbocycles. The largest absolute Gasteiger partial charge is 0.698 e. The molecule has 5 heteroatoms. The molecule has 0 heterocycles. The van der Waals surface area contributed by atoms with E-state index in [1.54, 1.807) is 60.7 Å². The van der Waals surface area contributed by atoms with Gasteiger partial charge in [-0.25, -0.2) is 0 Å². The van der Waals surface area contributed by atoms with Crippen molar-refractivity contribution in [3.63, 3.8) is 0 Å². The molecule has 0 saturated heterocycles. The van der Waals surface area contributed by atoms with Crippen LogP contribution in [0.5, 0.6) is 0 Å². The maximum atomic E-state index is 11.5. The van der Waals surface area contributed by atoms with Crippen LogP contribution in [-0.2, 0) is 9.31 Å². The van der Waals surface area contributed by atoms with Crippen molar-refractivity contribution in [2.45, 2.75) is 0 Å². The van der Waals surface area contributed by atoms with Gasteiger partial charge >= 0.3 is 0 Å². The molecule has 0 aromatic heterocycles. The third-order valence-corrected chi connectivity index (χ3v) is 2.33. The van der Waals surface area contributed by atoms with Gasteiger partial charge in [0.05, 0.1) is 11.1 Å². The zero-order valence-electron chi connectivity index (χ0n) is 9.98. The van der Waals surface area contributed by atoms with Crippen molar-refractivity contribution in [3.8, 4) is 0 Å². The highest BCUT2D eigenvalue weighted by atomic mass is 16.6. The Balaban J connectivity index is 1.81. The van der Waals surface area contributed by atoms with E-state index < -0.39 is 11.9 Å². The molecule has 2 rings (SSSR count). The van der Waals surface area contributed by atoms with E-state index in [0.29, 0.717) is 11.1 Å². The number of carbonyl (C=O) groups is 2. The van der Waals surface area contributed by atoms with Crippen LogP contribution < -0.4 is 0 Å². The van der Waals surface area contributed by atoms with Gasteiger partial charge in [0.25, 0.3) is 11.9 Å². The molecule has 0 unspecified atom stereocenters. The van der Waals surface area contributed by atoms with Crippen LogP contribution in [0.4, 0.5) is 0 Å². The van der Waals surface area contributed by atoms with Gasteiger partial charge in [-0.2, -0.15) is 0 Å². The average Bonchev–Trinajstić information content (AvgIpc) is 2.49. The van der Waals surface area contributed by atoms with Gasteiger partial charge in [-0.3, -0.25) is 9.59 Å². The molecule has 2 aromatic carbocycles. The molecule has 0 aliphatic heterocycles. The second-order valence-electron chi connectivity index (χ2n) is 3.64. The van der Waals surface area contributed by atoms with Crippen LogP contribution in [0.2, 0.25) is 0 Å². The van der Waals surface area contributed by atoms with E-state index >= 15 is 0 Å². The Kier molecular flexibility index (Phi) is 4.34. The lowest BCUT2D eigenvalue weighted by Crippen LogP contribution is -2.16. The molecule has 0 atom stereocenters. The minimum atomic E-state index is -0.582. The summed E-state index contributed by atoms with van der Waals surface area (Å²) in [7, 11) is 0.741. The topological polar surface area (TPSA) is 52.6 Å². The van der Waals surface area contributed by atoms with E-state index in [4.69, 9.17) is 9.31 Å². The van der Waals surface area contributed by atoms with Gasteiger partial charge in [-0.15, -0.1) is 0 Å². The minimum Gasteiger partial charge on any atom is -0.698 e. The van der Waals surface area contributed by atoms with Crippen molar-refractivity contribution < 1.29 is 18.9 Å². The summed E-state index contributed by atoms with van der Waals surface area (Å²) in [6.07, 6.45) is 0. The fourth-order valence-corrected chi connectivity index (χ4v) is 1.40. The van der Waals surface area contributed by atoms with Crippen molar-refractivity contribution in [3.05, 3.63) is 71.8 Å². The Morgan fingerprint density at radius 3 is 1.42 bits per heavy atom. The minimum absolute atomic E-state index is 0.384. The van der Waals surface area contributed by atoms with Gasteiger partial charge in [-0.05, 0) is 24.3 Å². The Labute approximate surface area is 111 Å². The van der Waals surface area contributed by atoms with E-state index in [1.807, 2.05) is 0 Å². The van der Waals surface area contributed by atoms with E-state index in [9.17, 15) is 9.59 Å². The summed E-state index contributed by atoms with van der Waals surface area (Å²) in [6.45, 7) is 0. The zero-order valence-corrected chi connectivity index (χ0v) is 9.98. The van der Waals surface area contributed by atoms with Gasteiger partial charge in [0.2, 0.25) is 0 Å². The van der Waals surface area contributed by atoms with Crippen molar-refractivity contribution in [1.29, 1.82) is 0 Å². The fraction of sp³-hybridized carbons (Fsp3) is 0. The van der Waals surface area contributed by atoms with Crippen LogP contribution in [0.1, 0.15) is 20.7 Å². The summed E-state index contributed by atoms with van der Waals surface area (Å²) in [6, 6.07) is 16.9. The zero-order chi connectivity index (χ0) is 13.5. The standard InChI is InChI=1S/C14H10BO4/c16-13(11-7-3-1-4-8-11)18-15-19-14(17)12-9-5-2-6-10-12/h1-10H/q-1. The van der Waals surface area contributed by atoms with Gasteiger partial charge in [0.15, 0.2) is 0 Å². The average molecular weight is 253 g/mol. The molecule has 2 radical (unpaired) electrons. The van der Waals surface area contributed by atoms with Crippen molar-refractivity contribution in [1.82, 2.24) is 0 Å². The van der Waals surface area contributed by atoms with Crippen molar-refractivity contribution in [2.24, 2.45) is 0 Å². The van der Waals surface area contributed by atoms with Gasteiger partial charge < -0.3 is 9.31 Å². The lowest BCUT2D eigenvalue weighted by molar-refractivity contribution is 0.0632. The Hall–Kier alpha value is -2.56. The van der Waals surface area contributed by atoms with E-state index in [1.165, 1.54) is 0 Å². The Bertz CT molecular complexity index is 503. The third-order valence-electron chi connectivity index (χ3n) is 2.33. The molecular weight excluding hydrogens is 243 g/mol. The van der Waals surface area contributed by atoms with Gasteiger partial charge in [0, 0.05) is 0 Å². The fourth-order valence-electron chi connectivity index (χ4n) is 1.40. The number of rotatable bonds is 4. The Morgan fingerprint density at radius 1 is 0.684 bits per heavy atom. The lowest BCUT2D eigenvalue weighted by Gasteiger charge is -2.20. The summed E-state index contributed by atoms with van der Waals surface area (Å²) in [5.74, 6) is -1.16. The third kappa shape index (κ3) is 3.71. The molecule has 4 nitrogen and oxygen atoms in total. The predicted octanol–water partition coefficient (Wildman–Crippen LogP) is 2.23. The quantitative estimate of drug-likeness (QED) is 0.784. The molecule has 0 saturated carbocycles. The molecule has 0 bridgehead atoms. The van der Waals surface area contributed by atoms with Gasteiger partial charge in [-0.1, -0.05) is 36.4 Å². The first-order valence-electron chi connectivity index (χ1n) is 5.61. The molecule has 2 aromatic rings. The summed E-state index contributed by atoms with van der Waals surface area (Å²) in [5, 5.41) is 0. The van der Waals surface area contributed by atoms with Crippen LogP contribution in [0, 0.1) is 0 Å². The summed E-state index contributed by atoms with van der Waals surface area (Å²) in [4.78, 5) is 23.0. The van der Waals surface area contributed by atoms with E-state index in [0.717, 1.165) is 7.69 Å². The second-order valence-corrected chi connectivity index (χ2v) is 3.64. The highest BCUT2D eigenvalue weighted by molar-refractivity contribution is 6.28. The number of hydrogen-bond donors (Lipinski definition) is 0. The highest BCUT2D eigenvalue weighted by Crippen LogP contribution is 2.02. The molecule has 0 spiro atoms. The maximum absolute atomic E-state index is 11.5. The molecular formula is C14H10BO4-. The molecule has 0 amide bonds. The first-order chi connectivity index (χ1) is 9.27. The van der Waals surface area contributed by atoms with Crippen LogP contribution in [0.15, 0.2) is 60.7 Å². The summed E-state index contributed by atoms with van der Waals surface area (Å²) in [5.41, 5.74) is 0.768. The highest BCUT2D eigenvalue weighted by Gasteiger charge is 2.02. The molecule has 0 fully saturated rings. The summed E-state index contributed by atoms with van der Waals surface area (Å²) < 4.78 is 9.43. The first-order valence-corrected chi connectivity index (χ1v) is 5.61. The predicted molar refractivity (Wildman–Crippen MR) is 69.5 cm³/mol. The smallest absolute Gasteiger partial charge is 0.289 e. The van der Waals surface area contributed by atoms with Crippen LogP contribution in [0.25, 0.3) is 0 Å². The van der Waals surface area contributed by atoms with Crippen LogP contribution in [0.3, 0.4) is 0 Å². The normalized spacial score (nSPS) is 9.68. The van der Waals surface area contributed by atoms with Crippen molar-refractivity contribution in [2.75, 3.05) is 0 Å². The van der Waals surface area contributed by atoms with Crippen LogP contribution >= 0.6 is 0 Å². The van der Waals surface area contributed by atoms with Crippen LogP contribution in [-0.4, -0.2) is 19.6 Å². The monoisotopic (exact) mass is 253 g/mol. The van der Waals surface area contributed by atoms with Crippen molar-refractivity contribution >= 4 is 19.6 Å². The lowest BCUT2D eigenvalue weighted by atomic mass is 10.2. The SMILES string of the molecule is O=C(O[B-]OC(=O)c1ccccc1)c1ccccc1.